The van der Waals surface area contributed by atoms with Gasteiger partial charge in [-0.2, -0.15) is 0 Å². The van der Waals surface area contributed by atoms with Gasteiger partial charge in [0.05, 0.1) is 0 Å². The molecule has 1 unspecified atom stereocenters. The van der Waals surface area contributed by atoms with Crippen molar-refractivity contribution in [3.05, 3.63) is 36.5 Å². The molecule has 0 bridgehead atoms. The van der Waals surface area contributed by atoms with E-state index in [0.717, 1.165) is 12.3 Å². The van der Waals surface area contributed by atoms with E-state index in [-0.39, 0.29) is 0 Å². The van der Waals surface area contributed by atoms with Crippen molar-refractivity contribution in [1.82, 2.24) is 4.90 Å². The van der Waals surface area contributed by atoms with Gasteiger partial charge in [0.2, 0.25) is 0 Å². The maximum absolute atomic E-state index is 3.83. The van der Waals surface area contributed by atoms with Gasteiger partial charge in [0.1, 0.15) is 0 Å². The minimum Gasteiger partial charge on any atom is -0.306 e. The molecular formula is C17H31N. The lowest BCUT2D eigenvalue weighted by atomic mass is 9.91. The molecule has 0 saturated carbocycles. The van der Waals surface area contributed by atoms with Gasteiger partial charge in [-0.3, -0.25) is 0 Å². The standard InChI is InChI=1S/C15H25N.C2H6/c1-4-6-10-14(9-5-2)15-11-7-8-12-16(3)13-15;1-2/h4-6,9,15H,2,7-8,10-13H2,1,3H3;1-2H3/b6-4-,14-9+;. The fourth-order valence-electron chi connectivity index (χ4n) is 2.41. The second-order valence-electron chi connectivity index (χ2n) is 4.71. The van der Waals surface area contributed by atoms with Crippen LogP contribution < -0.4 is 0 Å². The zero-order valence-electron chi connectivity index (χ0n) is 12.8. The normalized spacial score (nSPS) is 22.2. The zero-order chi connectivity index (χ0) is 13.8. The third-order valence-electron chi connectivity index (χ3n) is 3.32. The summed E-state index contributed by atoms with van der Waals surface area (Å²) in [5.41, 5.74) is 1.54. The van der Waals surface area contributed by atoms with Crippen molar-refractivity contribution in [3.63, 3.8) is 0 Å². The van der Waals surface area contributed by atoms with E-state index in [9.17, 15) is 0 Å². The van der Waals surface area contributed by atoms with Crippen molar-refractivity contribution >= 4 is 0 Å². The van der Waals surface area contributed by atoms with Gasteiger partial charge in [-0.1, -0.05) is 56.7 Å². The summed E-state index contributed by atoms with van der Waals surface area (Å²) in [6.07, 6.45) is 13.7. The van der Waals surface area contributed by atoms with Crippen LogP contribution in [-0.2, 0) is 0 Å². The molecule has 0 amide bonds. The fraction of sp³-hybridized carbons (Fsp3) is 0.647. The number of allylic oxidation sites excluding steroid dienone is 4. The molecule has 1 fully saturated rings. The van der Waals surface area contributed by atoms with Crippen molar-refractivity contribution in [2.45, 2.75) is 46.5 Å². The molecule has 104 valence electrons. The summed E-state index contributed by atoms with van der Waals surface area (Å²) in [6, 6.07) is 0. The van der Waals surface area contributed by atoms with Gasteiger partial charge in [-0.05, 0) is 45.7 Å². The van der Waals surface area contributed by atoms with Gasteiger partial charge in [-0.15, -0.1) is 0 Å². The third-order valence-corrected chi connectivity index (χ3v) is 3.32. The highest BCUT2D eigenvalue weighted by atomic mass is 15.1. The lowest BCUT2D eigenvalue weighted by Crippen LogP contribution is -2.24. The van der Waals surface area contributed by atoms with Crippen LogP contribution in [0.4, 0.5) is 0 Å². The van der Waals surface area contributed by atoms with Gasteiger partial charge in [0.25, 0.3) is 0 Å². The lowest BCUT2D eigenvalue weighted by Gasteiger charge is -2.22. The highest BCUT2D eigenvalue weighted by molar-refractivity contribution is 5.17. The van der Waals surface area contributed by atoms with E-state index in [1.807, 2.05) is 19.9 Å². The Morgan fingerprint density at radius 2 is 2.06 bits per heavy atom. The summed E-state index contributed by atoms with van der Waals surface area (Å²) in [4.78, 5) is 2.46. The summed E-state index contributed by atoms with van der Waals surface area (Å²) < 4.78 is 0. The Kier molecular flexibility index (Phi) is 10.8. The fourth-order valence-corrected chi connectivity index (χ4v) is 2.41. The van der Waals surface area contributed by atoms with Crippen LogP contribution in [0.25, 0.3) is 0 Å². The average molecular weight is 249 g/mol. The molecular weight excluding hydrogens is 218 g/mol. The first-order valence-corrected chi connectivity index (χ1v) is 7.39. The summed E-state index contributed by atoms with van der Waals surface area (Å²) in [5.74, 6) is 0.724. The third kappa shape index (κ3) is 6.80. The van der Waals surface area contributed by atoms with Crippen LogP contribution in [-0.4, -0.2) is 25.0 Å². The predicted molar refractivity (Wildman–Crippen MR) is 83.9 cm³/mol. The molecule has 0 radical (unpaired) electrons. The summed E-state index contributed by atoms with van der Waals surface area (Å²) in [7, 11) is 2.24. The van der Waals surface area contributed by atoms with Crippen LogP contribution >= 0.6 is 0 Å². The first-order valence-electron chi connectivity index (χ1n) is 7.39. The van der Waals surface area contributed by atoms with Crippen molar-refractivity contribution in [2.75, 3.05) is 20.1 Å². The molecule has 1 nitrogen and oxygen atoms in total. The Balaban J connectivity index is 0.00000137. The van der Waals surface area contributed by atoms with Gasteiger partial charge in [-0.25, -0.2) is 0 Å². The van der Waals surface area contributed by atoms with E-state index in [1.54, 1.807) is 5.57 Å². The molecule has 18 heavy (non-hydrogen) atoms. The molecule has 0 aromatic heterocycles. The van der Waals surface area contributed by atoms with Crippen LogP contribution in [0.15, 0.2) is 36.5 Å². The summed E-state index contributed by atoms with van der Waals surface area (Å²) >= 11 is 0. The topological polar surface area (TPSA) is 3.24 Å². The Hall–Kier alpha value is -0.820. The molecule has 1 rings (SSSR count). The van der Waals surface area contributed by atoms with E-state index in [0.29, 0.717) is 0 Å². The predicted octanol–water partition coefficient (Wildman–Crippen LogP) is 4.82. The quantitative estimate of drug-likeness (QED) is 0.510. The van der Waals surface area contributed by atoms with Crippen LogP contribution in [0.3, 0.4) is 0 Å². The maximum atomic E-state index is 3.83. The smallest absolute Gasteiger partial charge is 0.00442 e. The van der Waals surface area contributed by atoms with E-state index in [4.69, 9.17) is 0 Å². The van der Waals surface area contributed by atoms with Crippen molar-refractivity contribution in [2.24, 2.45) is 5.92 Å². The number of likely N-dealkylation sites (tertiary alicyclic amines) is 1. The van der Waals surface area contributed by atoms with Gasteiger partial charge in [0, 0.05) is 6.54 Å². The molecule has 0 aliphatic carbocycles. The van der Waals surface area contributed by atoms with E-state index in [2.05, 4.69) is 43.7 Å². The van der Waals surface area contributed by atoms with E-state index >= 15 is 0 Å². The van der Waals surface area contributed by atoms with Gasteiger partial charge >= 0.3 is 0 Å². The van der Waals surface area contributed by atoms with Crippen molar-refractivity contribution in [3.8, 4) is 0 Å². The monoisotopic (exact) mass is 249 g/mol. The van der Waals surface area contributed by atoms with Gasteiger partial charge in [0.15, 0.2) is 0 Å². The summed E-state index contributed by atoms with van der Waals surface area (Å²) in [5, 5.41) is 0. The molecule has 0 aromatic carbocycles. The highest BCUT2D eigenvalue weighted by Gasteiger charge is 2.18. The zero-order valence-corrected chi connectivity index (χ0v) is 12.8. The number of nitrogens with zero attached hydrogens (tertiary/aromatic N) is 1. The maximum Gasteiger partial charge on any atom is 0.00442 e. The molecule has 1 aliphatic heterocycles. The minimum atomic E-state index is 0.724. The van der Waals surface area contributed by atoms with E-state index < -0.39 is 0 Å². The molecule has 0 spiro atoms. The van der Waals surface area contributed by atoms with E-state index in [1.165, 1.54) is 32.4 Å². The SMILES string of the molecule is C=C/C=C(\C/C=C\C)C1CCCCN(C)C1.CC. The summed E-state index contributed by atoms with van der Waals surface area (Å²) in [6.45, 7) is 12.4. The first-order chi connectivity index (χ1) is 8.77. The molecule has 1 atom stereocenters. The molecule has 1 heterocycles. The number of rotatable bonds is 4. The number of hydrogen-bond acceptors (Lipinski definition) is 1. The molecule has 1 heteroatoms. The Morgan fingerprint density at radius 3 is 2.67 bits per heavy atom. The van der Waals surface area contributed by atoms with Gasteiger partial charge < -0.3 is 4.90 Å². The Labute approximate surface area is 114 Å². The number of hydrogen-bond donors (Lipinski definition) is 0. The van der Waals surface area contributed by atoms with Crippen molar-refractivity contribution < 1.29 is 0 Å². The molecule has 0 aromatic rings. The van der Waals surface area contributed by atoms with Crippen LogP contribution in [0.1, 0.15) is 46.5 Å². The molecule has 1 saturated heterocycles. The van der Waals surface area contributed by atoms with Crippen molar-refractivity contribution in [1.29, 1.82) is 0 Å². The van der Waals surface area contributed by atoms with Crippen LogP contribution in [0, 0.1) is 5.92 Å². The second-order valence-corrected chi connectivity index (χ2v) is 4.71. The molecule has 1 aliphatic rings. The largest absolute Gasteiger partial charge is 0.306 e. The minimum absolute atomic E-state index is 0.724. The van der Waals surface area contributed by atoms with Crippen LogP contribution in [0.2, 0.25) is 0 Å². The molecule has 0 N–H and O–H groups in total. The van der Waals surface area contributed by atoms with Crippen LogP contribution in [0.5, 0.6) is 0 Å². The lowest BCUT2D eigenvalue weighted by molar-refractivity contribution is 0.316. The average Bonchev–Trinajstić information content (AvgIpc) is 2.61. The Bertz CT molecular complexity index is 263. The first kappa shape index (κ1) is 17.2. The second kappa shape index (κ2) is 11.3. The highest BCUT2D eigenvalue weighted by Crippen LogP contribution is 2.25. The Morgan fingerprint density at radius 1 is 1.33 bits per heavy atom.